The lowest BCUT2D eigenvalue weighted by Crippen LogP contribution is -2.49. The van der Waals surface area contributed by atoms with E-state index < -0.39 is 0 Å². The molecule has 0 aliphatic carbocycles. The summed E-state index contributed by atoms with van der Waals surface area (Å²) >= 11 is 0. The molecule has 4 nitrogen and oxygen atoms in total. The minimum absolute atomic E-state index is 0.625. The number of benzene rings is 2. The summed E-state index contributed by atoms with van der Waals surface area (Å²) in [5.41, 5.74) is 5.78. The molecule has 0 unspecified atom stereocenters. The maximum atomic E-state index is 5.56. The van der Waals surface area contributed by atoms with Crippen LogP contribution in [0.25, 0.3) is 0 Å². The van der Waals surface area contributed by atoms with Crippen LogP contribution in [0.3, 0.4) is 0 Å². The molecule has 0 N–H and O–H groups in total. The van der Waals surface area contributed by atoms with Crippen molar-refractivity contribution in [2.24, 2.45) is 0 Å². The van der Waals surface area contributed by atoms with Crippen LogP contribution in [0.4, 0.5) is 11.4 Å². The Bertz CT molecular complexity index is 821. The third kappa shape index (κ3) is 2.39. The van der Waals surface area contributed by atoms with Gasteiger partial charge >= 0.3 is 0 Å². The number of likely N-dealkylation sites (N-methyl/N-ethyl adjacent to an activating group) is 1. The second-order valence-corrected chi connectivity index (χ2v) is 7.84. The molecule has 1 fully saturated rings. The summed E-state index contributed by atoms with van der Waals surface area (Å²) in [4.78, 5) is 7.73. The van der Waals surface area contributed by atoms with Crippen LogP contribution in [0, 0.1) is 0 Å². The lowest BCUT2D eigenvalue weighted by Gasteiger charge is -2.41. The number of rotatable bonds is 3. The van der Waals surface area contributed by atoms with Crippen LogP contribution in [-0.2, 0) is 6.54 Å². The van der Waals surface area contributed by atoms with Gasteiger partial charge in [0.05, 0.1) is 18.5 Å². The van der Waals surface area contributed by atoms with Crippen LogP contribution < -0.4 is 14.5 Å². The fourth-order valence-corrected chi connectivity index (χ4v) is 5.19. The van der Waals surface area contributed by atoms with Crippen LogP contribution in [0.15, 0.2) is 42.5 Å². The Morgan fingerprint density at radius 3 is 2.81 bits per heavy atom. The zero-order valence-corrected chi connectivity index (χ0v) is 15.7. The largest absolute Gasteiger partial charge is 0.496 e. The number of para-hydroxylation sites is 2. The minimum Gasteiger partial charge on any atom is -0.496 e. The van der Waals surface area contributed by atoms with Crippen LogP contribution >= 0.6 is 0 Å². The lowest BCUT2D eigenvalue weighted by molar-refractivity contribution is 0.184. The maximum Gasteiger partial charge on any atom is 0.123 e. The Balaban J connectivity index is 1.42. The molecule has 5 rings (SSSR count). The van der Waals surface area contributed by atoms with E-state index in [0.29, 0.717) is 12.0 Å². The van der Waals surface area contributed by atoms with Crippen molar-refractivity contribution in [3.63, 3.8) is 0 Å². The van der Waals surface area contributed by atoms with E-state index in [0.717, 1.165) is 38.5 Å². The molecule has 0 radical (unpaired) electrons. The van der Waals surface area contributed by atoms with Crippen molar-refractivity contribution < 1.29 is 4.74 Å². The summed E-state index contributed by atoms with van der Waals surface area (Å²) in [7, 11) is 3.99. The summed E-state index contributed by atoms with van der Waals surface area (Å²) in [6, 6.07) is 16.0. The van der Waals surface area contributed by atoms with E-state index in [1.54, 1.807) is 12.7 Å². The second kappa shape index (κ2) is 6.20. The number of ether oxygens (including phenoxy) is 1. The molecule has 2 atom stereocenters. The van der Waals surface area contributed by atoms with Gasteiger partial charge in [-0.25, -0.2) is 0 Å². The SMILES string of the molecule is COc1ccccc1CN1CC[C@H]2[C@@H](C1)c1cccc3c1N2CCN3C. The van der Waals surface area contributed by atoms with Gasteiger partial charge in [0.2, 0.25) is 0 Å². The van der Waals surface area contributed by atoms with Gasteiger partial charge in [-0.3, -0.25) is 4.90 Å². The molecule has 0 amide bonds. The first kappa shape index (κ1) is 16.0. The van der Waals surface area contributed by atoms with E-state index in [1.165, 1.54) is 23.4 Å². The molecular weight excluding hydrogens is 322 g/mol. The first-order valence-electron chi connectivity index (χ1n) is 9.71. The topological polar surface area (TPSA) is 19.0 Å². The fraction of sp³-hybridized carbons (Fsp3) is 0.455. The number of fused-ring (bicyclic) bond motifs is 3. The number of likely N-dealkylation sites (tertiary alicyclic amines) is 1. The molecule has 1 saturated heterocycles. The molecule has 136 valence electrons. The summed E-state index contributed by atoms with van der Waals surface area (Å²) in [5, 5.41) is 0. The highest BCUT2D eigenvalue weighted by molar-refractivity contribution is 5.80. The molecule has 3 heterocycles. The van der Waals surface area contributed by atoms with Gasteiger partial charge in [-0.05, 0) is 24.1 Å². The molecule has 2 aromatic carbocycles. The third-order valence-electron chi connectivity index (χ3n) is 6.47. The molecule has 3 aliphatic heterocycles. The molecule has 0 saturated carbocycles. The Hall–Kier alpha value is -2.20. The highest BCUT2D eigenvalue weighted by Crippen LogP contribution is 2.50. The van der Waals surface area contributed by atoms with E-state index in [9.17, 15) is 0 Å². The quantitative estimate of drug-likeness (QED) is 0.846. The Morgan fingerprint density at radius 1 is 1.04 bits per heavy atom. The minimum atomic E-state index is 0.625. The summed E-state index contributed by atoms with van der Waals surface area (Å²) in [5.74, 6) is 1.63. The van der Waals surface area contributed by atoms with Crippen molar-refractivity contribution in [1.29, 1.82) is 0 Å². The Labute approximate surface area is 156 Å². The van der Waals surface area contributed by atoms with E-state index in [4.69, 9.17) is 4.74 Å². The normalized spacial score (nSPS) is 24.4. The Kier molecular flexibility index (Phi) is 3.82. The van der Waals surface area contributed by atoms with Crippen molar-refractivity contribution in [2.75, 3.05) is 50.1 Å². The Morgan fingerprint density at radius 2 is 1.92 bits per heavy atom. The number of methoxy groups -OCH3 is 1. The highest BCUT2D eigenvalue weighted by atomic mass is 16.5. The smallest absolute Gasteiger partial charge is 0.123 e. The van der Waals surface area contributed by atoms with Gasteiger partial charge in [0, 0.05) is 57.3 Å². The molecular formula is C22H27N3O. The highest BCUT2D eigenvalue weighted by Gasteiger charge is 2.44. The van der Waals surface area contributed by atoms with Crippen molar-refractivity contribution in [2.45, 2.75) is 24.9 Å². The molecule has 26 heavy (non-hydrogen) atoms. The van der Waals surface area contributed by atoms with Gasteiger partial charge < -0.3 is 14.5 Å². The van der Waals surface area contributed by atoms with Crippen LogP contribution in [0.2, 0.25) is 0 Å². The van der Waals surface area contributed by atoms with Gasteiger partial charge in [-0.15, -0.1) is 0 Å². The predicted molar refractivity (Wildman–Crippen MR) is 106 cm³/mol. The molecule has 0 aromatic heterocycles. The number of piperidine rings is 1. The molecule has 0 bridgehead atoms. The first-order chi connectivity index (χ1) is 12.8. The first-order valence-corrected chi connectivity index (χ1v) is 9.71. The summed E-state index contributed by atoms with van der Waals surface area (Å²) in [6.07, 6.45) is 1.25. The van der Waals surface area contributed by atoms with Gasteiger partial charge in [0.1, 0.15) is 5.75 Å². The monoisotopic (exact) mass is 349 g/mol. The van der Waals surface area contributed by atoms with Gasteiger partial charge in [-0.1, -0.05) is 30.3 Å². The van der Waals surface area contributed by atoms with E-state index in [1.807, 2.05) is 6.07 Å². The van der Waals surface area contributed by atoms with Gasteiger partial charge in [0.15, 0.2) is 0 Å². The zero-order chi connectivity index (χ0) is 17.7. The van der Waals surface area contributed by atoms with Crippen molar-refractivity contribution >= 4 is 11.4 Å². The van der Waals surface area contributed by atoms with E-state index in [2.05, 4.69) is 58.1 Å². The van der Waals surface area contributed by atoms with E-state index in [-0.39, 0.29) is 0 Å². The number of hydrogen-bond donors (Lipinski definition) is 0. The second-order valence-electron chi connectivity index (χ2n) is 7.84. The van der Waals surface area contributed by atoms with E-state index >= 15 is 0 Å². The van der Waals surface area contributed by atoms with Crippen LogP contribution in [-0.4, -0.2) is 51.3 Å². The zero-order valence-electron chi connectivity index (χ0n) is 15.7. The molecule has 4 heteroatoms. The lowest BCUT2D eigenvalue weighted by atomic mass is 9.88. The van der Waals surface area contributed by atoms with Gasteiger partial charge in [-0.2, -0.15) is 0 Å². The predicted octanol–water partition coefficient (Wildman–Crippen LogP) is 3.32. The molecule has 3 aliphatic rings. The summed E-state index contributed by atoms with van der Waals surface area (Å²) < 4.78 is 5.56. The maximum absolute atomic E-state index is 5.56. The van der Waals surface area contributed by atoms with Crippen molar-refractivity contribution in [3.8, 4) is 5.75 Å². The van der Waals surface area contributed by atoms with Crippen molar-refractivity contribution in [3.05, 3.63) is 53.6 Å². The summed E-state index contributed by atoms with van der Waals surface area (Å²) in [6.45, 7) is 5.56. The third-order valence-corrected chi connectivity index (χ3v) is 6.47. The number of nitrogens with zero attached hydrogens (tertiary/aromatic N) is 3. The molecule has 2 aromatic rings. The average Bonchev–Trinajstić information content (AvgIpc) is 3.00. The fourth-order valence-electron chi connectivity index (χ4n) is 5.19. The van der Waals surface area contributed by atoms with Crippen molar-refractivity contribution in [1.82, 2.24) is 4.90 Å². The standard InChI is InChI=1S/C22H27N3O/c1-23-12-13-25-19-10-11-24(14-16-6-3-4-9-21(16)26-2)15-18(19)17-7-5-8-20(23)22(17)25/h3-9,18-19H,10-15H2,1-2H3/t18-,19-/m0/s1. The van der Waals surface area contributed by atoms with Gasteiger partial charge in [0.25, 0.3) is 0 Å². The average molecular weight is 349 g/mol. The van der Waals surface area contributed by atoms with Crippen LogP contribution in [0.5, 0.6) is 5.75 Å². The molecule has 0 spiro atoms. The van der Waals surface area contributed by atoms with Crippen LogP contribution in [0.1, 0.15) is 23.5 Å². The number of anilines is 2. The number of hydrogen-bond acceptors (Lipinski definition) is 4.